The Morgan fingerprint density at radius 1 is 1.16 bits per heavy atom. The summed E-state index contributed by atoms with van der Waals surface area (Å²) in [5.74, 6) is 0.193. The molecule has 3 aromatic rings. The van der Waals surface area contributed by atoms with Gasteiger partial charge in [0.25, 0.3) is 0 Å². The van der Waals surface area contributed by atoms with Gasteiger partial charge in [0.1, 0.15) is 5.82 Å². The van der Waals surface area contributed by atoms with Gasteiger partial charge < -0.3 is 20.4 Å². The Morgan fingerprint density at radius 3 is 2.69 bits per heavy atom. The second-order valence-corrected chi connectivity index (χ2v) is 7.77. The number of likely N-dealkylation sites (N-methyl/N-ethyl adjacent to an activating group) is 1. The van der Waals surface area contributed by atoms with Crippen LogP contribution in [0.4, 0.5) is 20.6 Å². The molecule has 0 saturated carbocycles. The predicted octanol–water partition coefficient (Wildman–Crippen LogP) is 3.43. The van der Waals surface area contributed by atoms with Gasteiger partial charge >= 0.3 is 6.03 Å². The molecule has 9 heteroatoms. The van der Waals surface area contributed by atoms with Crippen LogP contribution in [0.2, 0.25) is 0 Å². The van der Waals surface area contributed by atoms with Gasteiger partial charge in [-0.05, 0) is 49.9 Å². The van der Waals surface area contributed by atoms with Crippen LogP contribution in [0.3, 0.4) is 0 Å². The molecule has 1 aromatic carbocycles. The van der Waals surface area contributed by atoms with Crippen molar-refractivity contribution >= 4 is 17.4 Å². The first-order valence-electron chi connectivity index (χ1n) is 10.8. The summed E-state index contributed by atoms with van der Waals surface area (Å²) < 4.78 is 15.7. The van der Waals surface area contributed by atoms with Crippen molar-refractivity contribution in [3.63, 3.8) is 0 Å². The number of urea groups is 1. The molecule has 2 N–H and O–H groups in total. The van der Waals surface area contributed by atoms with E-state index in [0.29, 0.717) is 11.5 Å². The maximum Gasteiger partial charge on any atom is 0.319 e. The lowest BCUT2D eigenvalue weighted by molar-refractivity contribution is 0.249. The van der Waals surface area contributed by atoms with E-state index in [-0.39, 0.29) is 5.82 Å². The van der Waals surface area contributed by atoms with Crippen molar-refractivity contribution in [2.24, 2.45) is 0 Å². The topological polar surface area (TPSA) is 78.3 Å². The quantitative estimate of drug-likeness (QED) is 0.618. The Hall–Kier alpha value is -3.46. The molecule has 2 amide bonds. The van der Waals surface area contributed by atoms with E-state index in [0.717, 1.165) is 44.0 Å². The van der Waals surface area contributed by atoms with Crippen LogP contribution >= 0.6 is 0 Å². The predicted molar refractivity (Wildman–Crippen MR) is 123 cm³/mol. The number of halogens is 1. The number of piperazine rings is 1. The summed E-state index contributed by atoms with van der Waals surface area (Å²) >= 11 is 0. The molecular weight excluding hydrogens is 409 g/mol. The van der Waals surface area contributed by atoms with E-state index < -0.39 is 12.1 Å². The van der Waals surface area contributed by atoms with Crippen molar-refractivity contribution in [2.75, 3.05) is 42.9 Å². The van der Waals surface area contributed by atoms with Crippen molar-refractivity contribution in [2.45, 2.75) is 19.9 Å². The molecule has 2 aromatic heterocycles. The van der Waals surface area contributed by atoms with Crippen LogP contribution in [0.1, 0.15) is 25.5 Å². The molecule has 1 aliphatic rings. The zero-order valence-corrected chi connectivity index (χ0v) is 18.3. The van der Waals surface area contributed by atoms with Crippen LogP contribution in [0, 0.1) is 5.82 Å². The first-order chi connectivity index (χ1) is 15.5. The van der Waals surface area contributed by atoms with Gasteiger partial charge in [-0.25, -0.2) is 18.9 Å². The van der Waals surface area contributed by atoms with E-state index in [1.807, 2.05) is 6.92 Å². The monoisotopic (exact) mass is 437 g/mol. The number of nitrogens with zero attached hydrogens (tertiary/aromatic N) is 5. The summed E-state index contributed by atoms with van der Waals surface area (Å²) in [5.41, 5.74) is 2.23. The minimum atomic E-state index is -0.398. The van der Waals surface area contributed by atoms with Crippen molar-refractivity contribution in [1.82, 2.24) is 25.0 Å². The molecule has 0 bridgehead atoms. The Bertz CT molecular complexity index is 1050. The smallest absolute Gasteiger partial charge is 0.319 e. The van der Waals surface area contributed by atoms with E-state index in [9.17, 15) is 9.18 Å². The summed E-state index contributed by atoms with van der Waals surface area (Å²) in [6, 6.07) is 9.28. The molecule has 1 saturated heterocycles. The Balaban J connectivity index is 1.48. The first kappa shape index (κ1) is 21.8. The fraction of sp³-hybridized carbons (Fsp3) is 0.348. The van der Waals surface area contributed by atoms with Crippen molar-refractivity contribution in [3.05, 3.63) is 66.4 Å². The summed E-state index contributed by atoms with van der Waals surface area (Å²) in [7, 11) is 0. The Kier molecular flexibility index (Phi) is 6.65. The highest BCUT2D eigenvalue weighted by Gasteiger charge is 2.22. The molecule has 3 heterocycles. The average Bonchev–Trinajstić information content (AvgIpc) is 3.34. The van der Waals surface area contributed by atoms with Crippen LogP contribution < -0.4 is 15.5 Å². The van der Waals surface area contributed by atoms with E-state index in [1.54, 1.807) is 47.5 Å². The fourth-order valence-corrected chi connectivity index (χ4v) is 3.97. The average molecular weight is 438 g/mol. The minimum absolute atomic E-state index is 0.321. The molecule has 8 nitrogen and oxygen atoms in total. The van der Waals surface area contributed by atoms with Gasteiger partial charge in [0, 0.05) is 56.0 Å². The van der Waals surface area contributed by atoms with Gasteiger partial charge in [0.05, 0.1) is 11.7 Å². The van der Waals surface area contributed by atoms with Crippen LogP contribution in [0.15, 0.2) is 55.0 Å². The lowest BCUT2D eigenvalue weighted by atomic mass is 10.0. The Labute approximate surface area is 187 Å². The van der Waals surface area contributed by atoms with Gasteiger partial charge in [0.2, 0.25) is 0 Å². The zero-order chi connectivity index (χ0) is 22.5. The van der Waals surface area contributed by atoms with Crippen molar-refractivity contribution in [3.8, 4) is 5.82 Å². The number of aromatic nitrogens is 3. The molecule has 32 heavy (non-hydrogen) atoms. The Morgan fingerprint density at radius 2 is 1.97 bits per heavy atom. The summed E-state index contributed by atoms with van der Waals surface area (Å²) in [5, 5.41) is 9.95. The number of hydrogen-bond acceptors (Lipinski definition) is 5. The second kappa shape index (κ2) is 9.78. The van der Waals surface area contributed by atoms with Crippen LogP contribution in [-0.4, -0.2) is 58.4 Å². The number of benzene rings is 1. The highest BCUT2D eigenvalue weighted by atomic mass is 19.1. The minimum Gasteiger partial charge on any atom is -0.369 e. The normalized spacial score (nSPS) is 15.4. The van der Waals surface area contributed by atoms with Crippen LogP contribution in [0.5, 0.6) is 0 Å². The van der Waals surface area contributed by atoms with Crippen LogP contribution in [0.25, 0.3) is 5.82 Å². The lowest BCUT2D eigenvalue weighted by Gasteiger charge is -2.37. The highest BCUT2D eigenvalue weighted by molar-refractivity contribution is 5.91. The number of hydrogen-bond donors (Lipinski definition) is 2. The van der Waals surface area contributed by atoms with Crippen molar-refractivity contribution in [1.29, 1.82) is 0 Å². The summed E-state index contributed by atoms with van der Waals surface area (Å²) in [4.78, 5) is 21.7. The molecule has 1 atom stereocenters. The SMILES string of the molecule is CCN1CCN(c2ccc(F)cc2C(C)NC(=O)Nc2cccnc2-n2cccn2)CC1. The van der Waals surface area contributed by atoms with Gasteiger partial charge in [0.15, 0.2) is 5.82 Å². The van der Waals surface area contributed by atoms with E-state index in [1.165, 1.54) is 12.1 Å². The standard InChI is InChI=1S/C23H28FN7O/c1-3-29-12-14-30(15-13-29)21-8-7-18(24)16-19(21)17(2)27-23(32)28-20-6-4-9-25-22(20)31-11-5-10-26-31/h4-11,16-17H,3,12-15H2,1-2H3,(H2,27,28,32). The third kappa shape index (κ3) is 4.88. The number of carbonyl (C=O) groups is 1. The third-order valence-corrected chi connectivity index (χ3v) is 5.72. The zero-order valence-electron chi connectivity index (χ0n) is 18.3. The molecular formula is C23H28FN7O. The third-order valence-electron chi connectivity index (χ3n) is 5.72. The van der Waals surface area contributed by atoms with Gasteiger partial charge in [-0.3, -0.25) is 0 Å². The first-order valence-corrected chi connectivity index (χ1v) is 10.8. The van der Waals surface area contributed by atoms with Gasteiger partial charge in [-0.2, -0.15) is 5.10 Å². The molecule has 1 fully saturated rings. The number of nitrogens with one attached hydrogen (secondary N) is 2. The maximum atomic E-state index is 14.1. The van der Waals surface area contributed by atoms with E-state index in [2.05, 4.69) is 37.4 Å². The number of anilines is 2. The van der Waals surface area contributed by atoms with Crippen LogP contribution in [-0.2, 0) is 0 Å². The summed E-state index contributed by atoms with van der Waals surface area (Å²) in [6.45, 7) is 8.71. The number of rotatable bonds is 6. The molecule has 4 rings (SSSR count). The second-order valence-electron chi connectivity index (χ2n) is 7.77. The molecule has 0 spiro atoms. The molecule has 0 radical (unpaired) electrons. The van der Waals surface area contributed by atoms with Gasteiger partial charge in [-0.15, -0.1) is 0 Å². The molecule has 1 unspecified atom stereocenters. The molecule has 1 aliphatic heterocycles. The number of amides is 2. The fourth-order valence-electron chi connectivity index (χ4n) is 3.97. The van der Waals surface area contributed by atoms with E-state index in [4.69, 9.17) is 0 Å². The number of pyridine rings is 1. The molecule has 0 aliphatic carbocycles. The van der Waals surface area contributed by atoms with E-state index >= 15 is 0 Å². The highest BCUT2D eigenvalue weighted by Crippen LogP contribution is 2.28. The lowest BCUT2D eigenvalue weighted by Crippen LogP contribution is -2.46. The maximum absolute atomic E-state index is 14.1. The van der Waals surface area contributed by atoms with Gasteiger partial charge in [-0.1, -0.05) is 6.92 Å². The molecule has 168 valence electrons. The van der Waals surface area contributed by atoms with Crippen molar-refractivity contribution < 1.29 is 9.18 Å². The number of carbonyl (C=O) groups excluding carboxylic acids is 1. The summed E-state index contributed by atoms with van der Waals surface area (Å²) in [6.07, 6.45) is 5.04. The largest absolute Gasteiger partial charge is 0.369 e.